The normalized spacial score (nSPS) is 10.2. The second-order valence-electron chi connectivity index (χ2n) is 2.96. The first-order chi connectivity index (χ1) is 7.18. The van der Waals surface area contributed by atoms with Crippen LogP contribution in [-0.4, -0.2) is 9.97 Å². The summed E-state index contributed by atoms with van der Waals surface area (Å²) < 4.78 is 0. The Labute approximate surface area is 89.6 Å². The monoisotopic (exact) mass is 222 g/mol. The predicted octanol–water partition coefficient (Wildman–Crippen LogP) is 1.38. The van der Waals surface area contributed by atoms with Gasteiger partial charge in [0.1, 0.15) is 5.15 Å². The second-order valence-corrected chi connectivity index (χ2v) is 3.34. The van der Waals surface area contributed by atoms with Crippen LogP contribution in [0.1, 0.15) is 0 Å². The molecule has 4 nitrogen and oxygen atoms in total. The van der Waals surface area contributed by atoms with Gasteiger partial charge >= 0.3 is 5.69 Å². The van der Waals surface area contributed by atoms with Crippen molar-refractivity contribution in [3.05, 3.63) is 56.3 Å². The van der Waals surface area contributed by atoms with Gasteiger partial charge in [-0.1, -0.05) is 41.9 Å². The first kappa shape index (κ1) is 9.73. The molecule has 2 N–H and O–H groups in total. The fourth-order valence-corrected chi connectivity index (χ4v) is 1.60. The lowest BCUT2D eigenvalue weighted by Crippen LogP contribution is -2.23. The van der Waals surface area contributed by atoms with Crippen molar-refractivity contribution in [1.29, 1.82) is 0 Å². The van der Waals surface area contributed by atoms with Crippen LogP contribution in [0.25, 0.3) is 11.1 Å². The number of H-pyrrole nitrogens is 2. The highest BCUT2D eigenvalue weighted by molar-refractivity contribution is 6.32. The van der Waals surface area contributed by atoms with Gasteiger partial charge in [0, 0.05) is 0 Å². The van der Waals surface area contributed by atoms with E-state index >= 15 is 0 Å². The summed E-state index contributed by atoms with van der Waals surface area (Å²) in [6.07, 6.45) is 0. The Morgan fingerprint density at radius 2 is 1.67 bits per heavy atom. The van der Waals surface area contributed by atoms with Crippen molar-refractivity contribution in [3.8, 4) is 11.1 Å². The number of benzene rings is 1. The van der Waals surface area contributed by atoms with Gasteiger partial charge in [-0.25, -0.2) is 4.79 Å². The maximum Gasteiger partial charge on any atom is 0.326 e. The highest BCUT2D eigenvalue weighted by Crippen LogP contribution is 2.20. The Morgan fingerprint density at radius 3 is 2.27 bits per heavy atom. The number of hydrogen-bond acceptors (Lipinski definition) is 2. The standard InChI is InChI=1S/C10H7ClN2O2/c11-8-7(6-4-2-1-3-5-6)9(14)13-10(15)12-8/h1-5H,(H2,12,13,14,15). The minimum absolute atomic E-state index is 0.0509. The quantitative estimate of drug-likeness (QED) is 0.716. The molecule has 5 heteroatoms. The molecule has 0 spiro atoms. The van der Waals surface area contributed by atoms with E-state index in [9.17, 15) is 9.59 Å². The maximum atomic E-state index is 11.5. The van der Waals surface area contributed by atoms with Crippen molar-refractivity contribution < 1.29 is 0 Å². The van der Waals surface area contributed by atoms with E-state index in [4.69, 9.17) is 11.6 Å². The van der Waals surface area contributed by atoms with Crippen LogP contribution in [0.4, 0.5) is 0 Å². The zero-order valence-corrected chi connectivity index (χ0v) is 8.34. The largest absolute Gasteiger partial charge is 0.326 e. The number of nitrogens with one attached hydrogen (secondary N) is 2. The number of hydrogen-bond donors (Lipinski definition) is 2. The van der Waals surface area contributed by atoms with Gasteiger partial charge < -0.3 is 0 Å². The van der Waals surface area contributed by atoms with Crippen LogP contribution in [0.3, 0.4) is 0 Å². The molecule has 15 heavy (non-hydrogen) atoms. The molecule has 0 saturated heterocycles. The van der Waals surface area contributed by atoms with Crippen molar-refractivity contribution in [2.45, 2.75) is 0 Å². The molecule has 0 bridgehead atoms. The summed E-state index contributed by atoms with van der Waals surface area (Å²) in [6, 6.07) is 8.90. The van der Waals surface area contributed by atoms with Gasteiger partial charge in [0.25, 0.3) is 5.56 Å². The molecule has 2 aromatic rings. The molecule has 0 saturated carbocycles. The molecule has 76 valence electrons. The summed E-state index contributed by atoms with van der Waals surface area (Å²) in [6.45, 7) is 0. The van der Waals surface area contributed by atoms with Gasteiger partial charge in [-0.05, 0) is 5.56 Å². The summed E-state index contributed by atoms with van der Waals surface area (Å²) >= 11 is 5.79. The maximum absolute atomic E-state index is 11.5. The molecule has 0 aliphatic heterocycles. The van der Waals surface area contributed by atoms with Crippen molar-refractivity contribution in [3.63, 3.8) is 0 Å². The van der Waals surface area contributed by atoms with Crippen molar-refractivity contribution in [2.24, 2.45) is 0 Å². The lowest BCUT2D eigenvalue weighted by Gasteiger charge is -2.01. The van der Waals surface area contributed by atoms with E-state index in [1.807, 2.05) is 6.07 Å². The minimum atomic E-state index is -0.607. The highest BCUT2D eigenvalue weighted by atomic mass is 35.5. The molecule has 2 rings (SSSR count). The van der Waals surface area contributed by atoms with E-state index in [0.29, 0.717) is 5.56 Å². The van der Waals surface area contributed by atoms with Crippen LogP contribution in [-0.2, 0) is 0 Å². The van der Waals surface area contributed by atoms with Gasteiger partial charge in [0.15, 0.2) is 0 Å². The summed E-state index contributed by atoms with van der Waals surface area (Å²) in [7, 11) is 0. The third-order valence-electron chi connectivity index (χ3n) is 1.96. The van der Waals surface area contributed by atoms with Gasteiger partial charge in [0.2, 0.25) is 0 Å². The summed E-state index contributed by atoms with van der Waals surface area (Å²) in [5.74, 6) is 0. The molecule has 0 unspecified atom stereocenters. The van der Waals surface area contributed by atoms with Gasteiger partial charge in [-0.15, -0.1) is 0 Å². The first-order valence-corrected chi connectivity index (χ1v) is 4.64. The fourth-order valence-electron chi connectivity index (χ4n) is 1.32. The Kier molecular flexibility index (Phi) is 2.43. The summed E-state index contributed by atoms with van der Waals surface area (Å²) in [5.41, 5.74) is -0.156. The number of aromatic nitrogens is 2. The molecule has 1 heterocycles. The SMILES string of the molecule is O=c1[nH]c(Cl)c(-c2ccccc2)c(=O)[nH]1. The average molecular weight is 223 g/mol. The van der Waals surface area contributed by atoms with Crippen LogP contribution in [0.15, 0.2) is 39.9 Å². The van der Waals surface area contributed by atoms with Gasteiger partial charge in [0.05, 0.1) is 5.56 Å². The highest BCUT2D eigenvalue weighted by Gasteiger charge is 2.08. The molecule has 0 aliphatic carbocycles. The number of halogens is 1. The molecule has 1 aromatic heterocycles. The van der Waals surface area contributed by atoms with Gasteiger partial charge in [-0.2, -0.15) is 0 Å². The first-order valence-electron chi connectivity index (χ1n) is 4.26. The molecule has 1 aromatic carbocycles. The van der Waals surface area contributed by atoms with E-state index in [-0.39, 0.29) is 10.7 Å². The van der Waals surface area contributed by atoms with Crippen LogP contribution < -0.4 is 11.2 Å². The summed E-state index contributed by atoms with van der Waals surface area (Å²) in [4.78, 5) is 26.9. The minimum Gasteiger partial charge on any atom is -0.297 e. The van der Waals surface area contributed by atoms with E-state index < -0.39 is 11.2 Å². The van der Waals surface area contributed by atoms with Crippen molar-refractivity contribution in [1.82, 2.24) is 9.97 Å². The third-order valence-corrected chi connectivity index (χ3v) is 2.24. The fraction of sp³-hybridized carbons (Fsp3) is 0. The molecule has 0 aliphatic rings. The lowest BCUT2D eigenvalue weighted by molar-refractivity contribution is 1.04. The smallest absolute Gasteiger partial charge is 0.297 e. The zero-order chi connectivity index (χ0) is 10.8. The molecular formula is C10H7ClN2O2. The lowest BCUT2D eigenvalue weighted by atomic mass is 10.1. The topological polar surface area (TPSA) is 65.7 Å². The van der Waals surface area contributed by atoms with Gasteiger partial charge in [-0.3, -0.25) is 14.8 Å². The zero-order valence-electron chi connectivity index (χ0n) is 7.58. The molecule has 0 atom stereocenters. The Balaban J connectivity index is 2.75. The predicted molar refractivity (Wildman–Crippen MR) is 58.1 cm³/mol. The number of aromatic amines is 2. The molecule has 0 fully saturated rings. The Hall–Kier alpha value is -1.81. The second kappa shape index (κ2) is 3.74. The number of rotatable bonds is 1. The average Bonchev–Trinajstić information content (AvgIpc) is 2.17. The van der Waals surface area contributed by atoms with E-state index in [1.165, 1.54) is 0 Å². The van der Waals surface area contributed by atoms with E-state index in [2.05, 4.69) is 9.97 Å². The third kappa shape index (κ3) is 1.85. The molecule has 0 amide bonds. The Morgan fingerprint density at radius 1 is 1.00 bits per heavy atom. The van der Waals surface area contributed by atoms with Crippen LogP contribution in [0, 0.1) is 0 Å². The van der Waals surface area contributed by atoms with Crippen molar-refractivity contribution in [2.75, 3.05) is 0 Å². The summed E-state index contributed by atoms with van der Waals surface area (Å²) in [5, 5.41) is 0.0509. The molecular weight excluding hydrogens is 216 g/mol. The van der Waals surface area contributed by atoms with E-state index in [1.54, 1.807) is 24.3 Å². The van der Waals surface area contributed by atoms with Crippen LogP contribution in [0.5, 0.6) is 0 Å². The van der Waals surface area contributed by atoms with Crippen LogP contribution in [0.2, 0.25) is 5.15 Å². The van der Waals surface area contributed by atoms with E-state index in [0.717, 1.165) is 0 Å². The Bertz CT molecular complexity index is 586. The van der Waals surface area contributed by atoms with Crippen LogP contribution >= 0.6 is 11.6 Å². The molecule has 0 radical (unpaired) electrons. The van der Waals surface area contributed by atoms with Crippen molar-refractivity contribution >= 4 is 11.6 Å².